The molecule has 0 saturated carbocycles. The minimum atomic E-state index is -0.975. The Morgan fingerprint density at radius 3 is 2.18 bits per heavy atom. The van der Waals surface area contributed by atoms with Crippen molar-refractivity contribution in [2.24, 2.45) is 0 Å². The van der Waals surface area contributed by atoms with Crippen LogP contribution in [0.3, 0.4) is 0 Å². The summed E-state index contributed by atoms with van der Waals surface area (Å²) in [5, 5.41) is 22.1. The summed E-state index contributed by atoms with van der Waals surface area (Å²) in [7, 11) is 2.95. The number of nitro benzene ring substituents is 1. The monoisotopic (exact) mass is 460 g/mol. The molecule has 3 aromatic carbocycles. The molecule has 1 N–H and O–H groups in total. The van der Waals surface area contributed by atoms with Crippen LogP contribution in [0, 0.1) is 10.1 Å². The number of anilines is 1. The summed E-state index contributed by atoms with van der Waals surface area (Å²) in [6.45, 7) is 0. The van der Waals surface area contributed by atoms with E-state index in [-0.39, 0.29) is 16.8 Å². The van der Waals surface area contributed by atoms with Crippen molar-refractivity contribution in [3.63, 3.8) is 0 Å². The van der Waals surface area contributed by atoms with E-state index >= 15 is 0 Å². The zero-order chi connectivity index (χ0) is 24.4. The number of methoxy groups -OCH3 is 2. The highest BCUT2D eigenvalue weighted by atomic mass is 16.6. The minimum Gasteiger partial charge on any atom is -0.507 e. The third-order valence-electron chi connectivity index (χ3n) is 5.55. The Morgan fingerprint density at radius 2 is 1.59 bits per heavy atom. The minimum absolute atomic E-state index is 0.144. The predicted molar refractivity (Wildman–Crippen MR) is 124 cm³/mol. The fraction of sp³-hybridized carbons (Fsp3) is 0.120. The van der Waals surface area contributed by atoms with E-state index in [1.807, 2.05) is 0 Å². The van der Waals surface area contributed by atoms with E-state index < -0.39 is 28.4 Å². The van der Waals surface area contributed by atoms with Crippen molar-refractivity contribution in [3.8, 4) is 11.5 Å². The highest BCUT2D eigenvalue weighted by Gasteiger charge is 2.47. The number of aliphatic hydroxyl groups is 1. The van der Waals surface area contributed by atoms with Gasteiger partial charge in [0.1, 0.15) is 5.76 Å². The van der Waals surface area contributed by atoms with E-state index in [0.29, 0.717) is 22.7 Å². The normalized spacial score (nSPS) is 17.0. The van der Waals surface area contributed by atoms with Gasteiger partial charge in [-0.3, -0.25) is 24.6 Å². The molecule has 0 radical (unpaired) electrons. The largest absolute Gasteiger partial charge is 0.507 e. The summed E-state index contributed by atoms with van der Waals surface area (Å²) in [6.07, 6.45) is 0. The summed E-state index contributed by atoms with van der Waals surface area (Å²) in [6, 6.07) is 17.7. The highest BCUT2D eigenvalue weighted by molar-refractivity contribution is 6.51. The fourth-order valence-corrected chi connectivity index (χ4v) is 3.92. The van der Waals surface area contributed by atoms with E-state index in [1.54, 1.807) is 48.5 Å². The van der Waals surface area contributed by atoms with E-state index in [2.05, 4.69) is 0 Å². The standard InChI is InChI=1S/C25H20N2O7/c1-33-19-13-10-16(14-20(19)34-2)22-21(23(28)15-8-11-18(12-9-15)27(31)32)24(29)25(30)26(22)17-6-4-3-5-7-17/h3-14,22,28H,1-2H3. The van der Waals surface area contributed by atoms with Gasteiger partial charge >= 0.3 is 0 Å². The van der Waals surface area contributed by atoms with Crippen LogP contribution in [0.4, 0.5) is 11.4 Å². The fourth-order valence-electron chi connectivity index (χ4n) is 3.92. The maximum Gasteiger partial charge on any atom is 0.300 e. The molecular weight excluding hydrogens is 440 g/mol. The quantitative estimate of drug-likeness (QED) is 0.192. The number of rotatable bonds is 6. The highest BCUT2D eigenvalue weighted by Crippen LogP contribution is 2.44. The summed E-state index contributed by atoms with van der Waals surface area (Å²) >= 11 is 0. The molecule has 0 aromatic heterocycles. The van der Waals surface area contributed by atoms with Gasteiger partial charge in [0, 0.05) is 23.4 Å². The van der Waals surface area contributed by atoms with Gasteiger partial charge in [0.05, 0.1) is 30.8 Å². The second-order valence-corrected chi connectivity index (χ2v) is 7.42. The zero-order valence-corrected chi connectivity index (χ0v) is 18.3. The predicted octanol–water partition coefficient (Wildman–Crippen LogP) is 4.24. The molecule has 9 heteroatoms. The molecule has 1 aliphatic heterocycles. The summed E-state index contributed by atoms with van der Waals surface area (Å²) in [5.74, 6) is -1.28. The number of nitrogens with zero attached hydrogens (tertiary/aromatic N) is 2. The number of non-ortho nitro benzene ring substituents is 1. The van der Waals surface area contributed by atoms with Gasteiger partial charge in [0.25, 0.3) is 17.4 Å². The second kappa shape index (κ2) is 9.07. The van der Waals surface area contributed by atoms with Gasteiger partial charge < -0.3 is 14.6 Å². The van der Waals surface area contributed by atoms with Crippen LogP contribution in [0.1, 0.15) is 17.2 Å². The van der Waals surface area contributed by atoms with Crippen LogP contribution >= 0.6 is 0 Å². The Hall–Kier alpha value is -4.66. The van der Waals surface area contributed by atoms with Gasteiger partial charge in [-0.2, -0.15) is 0 Å². The Kier molecular flexibility index (Phi) is 6.01. The van der Waals surface area contributed by atoms with E-state index in [1.165, 1.54) is 43.4 Å². The number of carbonyl (C=O) groups excluding carboxylic acids is 2. The molecule has 1 unspecified atom stereocenters. The molecule has 9 nitrogen and oxygen atoms in total. The van der Waals surface area contributed by atoms with Crippen molar-refractivity contribution in [1.29, 1.82) is 0 Å². The number of hydrogen-bond donors (Lipinski definition) is 1. The number of amides is 1. The van der Waals surface area contributed by atoms with Crippen molar-refractivity contribution >= 4 is 28.8 Å². The van der Waals surface area contributed by atoms with Gasteiger partial charge in [-0.15, -0.1) is 0 Å². The maximum absolute atomic E-state index is 13.2. The van der Waals surface area contributed by atoms with Crippen molar-refractivity contribution in [1.82, 2.24) is 0 Å². The number of aliphatic hydroxyl groups excluding tert-OH is 1. The SMILES string of the molecule is COc1ccc(C2C(=C(O)c3ccc([N+](=O)[O-])cc3)C(=O)C(=O)N2c2ccccc2)cc1OC. The van der Waals surface area contributed by atoms with Crippen LogP contribution in [-0.2, 0) is 9.59 Å². The number of Topliss-reactive ketones (excluding diaryl/α,β-unsaturated/α-hetero) is 1. The van der Waals surface area contributed by atoms with Crippen molar-refractivity contribution in [3.05, 3.63) is 99.6 Å². The average Bonchev–Trinajstić information content (AvgIpc) is 3.13. The van der Waals surface area contributed by atoms with Crippen LogP contribution in [0.15, 0.2) is 78.4 Å². The molecule has 1 aliphatic rings. The molecule has 0 bridgehead atoms. The van der Waals surface area contributed by atoms with Gasteiger partial charge in [0.15, 0.2) is 11.5 Å². The third-order valence-corrected chi connectivity index (χ3v) is 5.55. The molecule has 0 spiro atoms. The van der Waals surface area contributed by atoms with Crippen LogP contribution < -0.4 is 14.4 Å². The third kappa shape index (κ3) is 3.83. The molecule has 1 fully saturated rings. The van der Waals surface area contributed by atoms with E-state index in [4.69, 9.17) is 9.47 Å². The van der Waals surface area contributed by atoms with Crippen molar-refractivity contribution < 1.29 is 29.1 Å². The summed E-state index contributed by atoms with van der Waals surface area (Å²) in [5.41, 5.74) is 0.825. The second-order valence-electron chi connectivity index (χ2n) is 7.42. The molecule has 34 heavy (non-hydrogen) atoms. The van der Waals surface area contributed by atoms with E-state index in [9.17, 15) is 24.8 Å². The van der Waals surface area contributed by atoms with Crippen LogP contribution in [0.25, 0.3) is 5.76 Å². The molecule has 1 atom stereocenters. The Balaban J connectivity index is 1.93. The van der Waals surface area contributed by atoms with Crippen LogP contribution in [0.2, 0.25) is 0 Å². The first-order valence-electron chi connectivity index (χ1n) is 10.2. The number of ether oxygens (including phenoxy) is 2. The lowest BCUT2D eigenvalue weighted by atomic mass is 9.94. The topological polar surface area (TPSA) is 119 Å². The van der Waals surface area contributed by atoms with Gasteiger partial charge in [0.2, 0.25) is 0 Å². The van der Waals surface area contributed by atoms with Crippen LogP contribution in [0.5, 0.6) is 11.5 Å². The first-order chi connectivity index (χ1) is 16.4. The smallest absolute Gasteiger partial charge is 0.300 e. The lowest BCUT2D eigenvalue weighted by Gasteiger charge is -2.26. The number of nitro groups is 1. The number of hydrogen-bond acceptors (Lipinski definition) is 7. The van der Waals surface area contributed by atoms with Gasteiger partial charge in [-0.1, -0.05) is 24.3 Å². The molecular formula is C25H20N2O7. The Morgan fingerprint density at radius 1 is 0.941 bits per heavy atom. The number of para-hydroxylation sites is 1. The van der Waals surface area contributed by atoms with Crippen molar-refractivity contribution in [2.75, 3.05) is 19.1 Å². The number of ketones is 1. The molecule has 1 heterocycles. The number of benzene rings is 3. The zero-order valence-electron chi connectivity index (χ0n) is 18.3. The lowest BCUT2D eigenvalue weighted by Crippen LogP contribution is -2.29. The molecule has 0 aliphatic carbocycles. The van der Waals surface area contributed by atoms with E-state index in [0.717, 1.165) is 0 Å². The average molecular weight is 460 g/mol. The summed E-state index contributed by atoms with van der Waals surface area (Å²) < 4.78 is 10.7. The Bertz CT molecular complexity index is 1300. The Labute approximate surface area is 194 Å². The summed E-state index contributed by atoms with van der Waals surface area (Å²) in [4.78, 5) is 38.0. The van der Waals surface area contributed by atoms with Gasteiger partial charge in [-0.25, -0.2) is 0 Å². The molecule has 4 rings (SSSR count). The molecule has 172 valence electrons. The number of carbonyl (C=O) groups is 2. The maximum atomic E-state index is 13.2. The first kappa shape index (κ1) is 22.5. The molecule has 3 aromatic rings. The van der Waals surface area contributed by atoms with Crippen LogP contribution in [-0.4, -0.2) is 35.9 Å². The first-order valence-corrected chi connectivity index (χ1v) is 10.2. The lowest BCUT2D eigenvalue weighted by molar-refractivity contribution is -0.384. The van der Waals surface area contributed by atoms with Gasteiger partial charge in [-0.05, 0) is 42.0 Å². The molecule has 1 saturated heterocycles. The molecule has 1 amide bonds. The van der Waals surface area contributed by atoms with Crippen molar-refractivity contribution in [2.45, 2.75) is 6.04 Å².